The zero-order valence-corrected chi connectivity index (χ0v) is 17.7. The molecular weight excluding hydrogens is 381 g/mol. The number of nitrogens with zero attached hydrogens (tertiary/aromatic N) is 1. The third-order valence-corrected chi connectivity index (χ3v) is 5.29. The first-order valence-electron chi connectivity index (χ1n) is 8.94. The van der Waals surface area contributed by atoms with Crippen molar-refractivity contribution < 1.29 is 4.79 Å². The molecule has 1 aliphatic rings. The number of nitrogens with two attached hydrogens (primary N) is 1. The Morgan fingerprint density at radius 3 is 2.44 bits per heavy atom. The lowest BCUT2D eigenvalue weighted by Crippen LogP contribution is -2.34. The van der Waals surface area contributed by atoms with Crippen molar-refractivity contribution in [1.29, 1.82) is 0 Å². The first-order chi connectivity index (χ1) is 12.0. The number of anilines is 2. The van der Waals surface area contributed by atoms with Gasteiger partial charge in [-0.2, -0.15) is 0 Å². The Hall–Kier alpha value is -1.75. The van der Waals surface area contributed by atoms with Crippen LogP contribution in [0.5, 0.6) is 0 Å². The third-order valence-electron chi connectivity index (χ3n) is 5.29. The molecule has 1 heterocycles. The van der Waals surface area contributed by atoms with Crippen molar-refractivity contribution in [2.24, 2.45) is 11.7 Å². The molecule has 3 rings (SSSR count). The van der Waals surface area contributed by atoms with E-state index < -0.39 is 0 Å². The number of carbonyl (C=O) groups is 1. The van der Waals surface area contributed by atoms with Gasteiger partial charge in [-0.25, -0.2) is 0 Å². The molecule has 1 saturated heterocycles. The van der Waals surface area contributed by atoms with Crippen LogP contribution in [0.2, 0.25) is 0 Å². The highest BCUT2D eigenvalue weighted by molar-refractivity contribution is 6.00. The zero-order valence-electron chi connectivity index (χ0n) is 16.1. The Bertz CT molecular complexity index is 782. The number of benzene rings is 2. The lowest BCUT2D eigenvalue weighted by molar-refractivity contribution is 0.0744. The van der Waals surface area contributed by atoms with Gasteiger partial charge in [0.2, 0.25) is 0 Å². The molecule has 0 aliphatic carbocycles. The molecule has 3 N–H and O–H groups in total. The van der Waals surface area contributed by atoms with Crippen LogP contribution in [0.4, 0.5) is 11.4 Å². The summed E-state index contributed by atoms with van der Waals surface area (Å²) in [6, 6.07) is 14.2. The Labute approximate surface area is 174 Å². The second kappa shape index (κ2) is 9.98. The summed E-state index contributed by atoms with van der Waals surface area (Å²) in [7, 11) is 0. The maximum atomic E-state index is 13.1. The summed E-state index contributed by atoms with van der Waals surface area (Å²) in [5.74, 6) is 0.481. The fraction of sp³-hybridized carbons (Fsp3) is 0.381. The van der Waals surface area contributed by atoms with Gasteiger partial charge in [0.25, 0.3) is 5.91 Å². The molecule has 2 aromatic carbocycles. The second-order valence-corrected chi connectivity index (χ2v) is 7.06. The highest BCUT2D eigenvalue weighted by atomic mass is 35.5. The number of hydrogen-bond acceptors (Lipinski definition) is 3. The average Bonchev–Trinajstić information content (AvgIpc) is 3.00. The van der Waals surface area contributed by atoms with E-state index in [-0.39, 0.29) is 36.8 Å². The molecule has 4 nitrogen and oxygen atoms in total. The lowest BCUT2D eigenvalue weighted by Gasteiger charge is -2.23. The van der Waals surface area contributed by atoms with Crippen molar-refractivity contribution in [2.45, 2.75) is 33.2 Å². The van der Waals surface area contributed by atoms with Crippen LogP contribution in [-0.4, -0.2) is 29.9 Å². The molecule has 2 unspecified atom stereocenters. The van der Waals surface area contributed by atoms with Gasteiger partial charge in [0.05, 0.1) is 11.3 Å². The molecule has 0 saturated carbocycles. The summed E-state index contributed by atoms with van der Waals surface area (Å²) in [6.45, 7) is 7.67. The fourth-order valence-corrected chi connectivity index (χ4v) is 3.56. The van der Waals surface area contributed by atoms with Gasteiger partial charge in [0, 0.05) is 18.3 Å². The molecule has 148 valence electrons. The first-order valence-corrected chi connectivity index (χ1v) is 8.94. The summed E-state index contributed by atoms with van der Waals surface area (Å²) in [6.07, 6.45) is 0.981. The van der Waals surface area contributed by atoms with Gasteiger partial charge in [-0.05, 0) is 69.0 Å². The number of carbonyl (C=O) groups excluding carboxylic acids is 1. The number of halogens is 2. The SMILES string of the molecule is Cc1cccc(Nc2ccccc2C(=O)N2CC(CN)CC2C)c1C.Cl.Cl. The van der Waals surface area contributed by atoms with Crippen LogP contribution in [0, 0.1) is 19.8 Å². The molecule has 1 amide bonds. The van der Waals surface area contributed by atoms with Crippen LogP contribution >= 0.6 is 24.8 Å². The van der Waals surface area contributed by atoms with Gasteiger partial charge >= 0.3 is 0 Å². The monoisotopic (exact) mass is 409 g/mol. The van der Waals surface area contributed by atoms with Gasteiger partial charge in [0.15, 0.2) is 0 Å². The molecule has 6 heteroatoms. The van der Waals surface area contributed by atoms with Gasteiger partial charge in [-0.15, -0.1) is 24.8 Å². The van der Waals surface area contributed by atoms with Gasteiger partial charge in [0.1, 0.15) is 0 Å². The van der Waals surface area contributed by atoms with Crippen LogP contribution in [0.1, 0.15) is 34.8 Å². The number of hydrogen-bond donors (Lipinski definition) is 2. The quantitative estimate of drug-likeness (QED) is 0.768. The van der Waals surface area contributed by atoms with Crippen LogP contribution in [0.25, 0.3) is 0 Å². The van der Waals surface area contributed by atoms with Gasteiger partial charge in [-0.1, -0.05) is 24.3 Å². The summed E-state index contributed by atoms with van der Waals surface area (Å²) in [5.41, 5.74) is 10.8. The normalized spacial score (nSPS) is 18.4. The summed E-state index contributed by atoms with van der Waals surface area (Å²) in [4.78, 5) is 15.1. The average molecular weight is 410 g/mol. The predicted molar refractivity (Wildman–Crippen MR) is 118 cm³/mol. The maximum absolute atomic E-state index is 13.1. The number of amides is 1. The molecule has 1 fully saturated rings. The van der Waals surface area contributed by atoms with Crippen LogP contribution in [-0.2, 0) is 0 Å². The van der Waals surface area contributed by atoms with Crippen molar-refractivity contribution in [1.82, 2.24) is 4.90 Å². The van der Waals surface area contributed by atoms with Crippen molar-refractivity contribution in [3.05, 3.63) is 59.2 Å². The number of para-hydroxylation sites is 1. The van der Waals surface area contributed by atoms with Gasteiger partial charge in [-0.3, -0.25) is 4.79 Å². The van der Waals surface area contributed by atoms with E-state index in [1.54, 1.807) is 0 Å². The van der Waals surface area contributed by atoms with Crippen LogP contribution in [0.15, 0.2) is 42.5 Å². The number of aryl methyl sites for hydroxylation is 1. The van der Waals surface area contributed by atoms with E-state index in [2.05, 4.69) is 32.2 Å². The van der Waals surface area contributed by atoms with Crippen LogP contribution in [0.3, 0.4) is 0 Å². The Morgan fingerprint density at radius 2 is 1.78 bits per heavy atom. The van der Waals surface area contributed by atoms with Crippen molar-refractivity contribution in [3.8, 4) is 0 Å². The van der Waals surface area contributed by atoms with E-state index >= 15 is 0 Å². The minimum Gasteiger partial charge on any atom is -0.355 e. The Balaban J connectivity index is 0.00000182. The lowest BCUT2D eigenvalue weighted by atomic mass is 10.1. The summed E-state index contributed by atoms with van der Waals surface area (Å²) in [5, 5.41) is 3.45. The van der Waals surface area contributed by atoms with E-state index in [0.717, 1.165) is 24.3 Å². The molecule has 27 heavy (non-hydrogen) atoms. The highest BCUT2D eigenvalue weighted by Gasteiger charge is 2.32. The van der Waals surface area contributed by atoms with E-state index in [1.165, 1.54) is 11.1 Å². The van der Waals surface area contributed by atoms with Crippen molar-refractivity contribution in [2.75, 3.05) is 18.4 Å². The third kappa shape index (κ3) is 4.95. The summed E-state index contributed by atoms with van der Waals surface area (Å²) >= 11 is 0. The largest absolute Gasteiger partial charge is 0.355 e. The standard InChI is InChI=1S/C21H27N3O.2ClH/c1-14-7-6-10-19(16(14)3)23-20-9-5-4-8-18(20)21(25)24-13-17(12-22)11-15(24)2;;/h4-10,15,17,23H,11-13,22H2,1-3H3;2*1H. The molecule has 0 spiro atoms. The number of likely N-dealkylation sites (tertiary alicyclic amines) is 1. The maximum Gasteiger partial charge on any atom is 0.256 e. The minimum absolute atomic E-state index is 0. The van der Waals surface area contributed by atoms with Crippen molar-refractivity contribution >= 4 is 42.1 Å². The molecule has 0 radical (unpaired) electrons. The molecule has 1 aliphatic heterocycles. The summed E-state index contributed by atoms with van der Waals surface area (Å²) < 4.78 is 0. The second-order valence-electron chi connectivity index (χ2n) is 7.06. The Morgan fingerprint density at radius 1 is 1.11 bits per heavy atom. The van der Waals surface area contributed by atoms with E-state index in [1.807, 2.05) is 41.3 Å². The van der Waals surface area contributed by atoms with E-state index in [9.17, 15) is 4.79 Å². The topological polar surface area (TPSA) is 58.4 Å². The highest BCUT2D eigenvalue weighted by Crippen LogP contribution is 2.29. The molecule has 2 atom stereocenters. The number of nitrogens with one attached hydrogen (secondary N) is 1. The van der Waals surface area contributed by atoms with Crippen LogP contribution < -0.4 is 11.1 Å². The molecular formula is C21H29Cl2N3O. The first kappa shape index (κ1) is 23.3. The minimum atomic E-state index is 0. The van der Waals surface area contributed by atoms with E-state index in [4.69, 9.17) is 5.73 Å². The predicted octanol–water partition coefficient (Wildman–Crippen LogP) is 4.70. The fourth-order valence-electron chi connectivity index (χ4n) is 3.56. The smallest absolute Gasteiger partial charge is 0.256 e. The molecule has 0 aromatic heterocycles. The van der Waals surface area contributed by atoms with E-state index in [0.29, 0.717) is 18.0 Å². The zero-order chi connectivity index (χ0) is 18.0. The number of rotatable bonds is 4. The molecule has 0 bridgehead atoms. The van der Waals surface area contributed by atoms with Gasteiger partial charge < -0.3 is 16.0 Å². The molecule has 2 aromatic rings. The Kier molecular flexibility index (Phi) is 8.60. The van der Waals surface area contributed by atoms with Crippen molar-refractivity contribution in [3.63, 3.8) is 0 Å².